The zero-order valence-electron chi connectivity index (χ0n) is 7.62. The van der Waals surface area contributed by atoms with E-state index in [2.05, 4.69) is 21.0 Å². The second kappa shape index (κ2) is 3.82. The van der Waals surface area contributed by atoms with Gasteiger partial charge >= 0.3 is 5.91 Å². The van der Waals surface area contributed by atoms with Gasteiger partial charge in [-0.1, -0.05) is 17.4 Å². The number of nitrogens with zero attached hydrogens (tertiary/aromatic N) is 4. The summed E-state index contributed by atoms with van der Waals surface area (Å²) in [5.41, 5.74) is 3.35. The molecule has 0 spiro atoms. The molecule has 0 fully saturated rings. The molecule has 15 heavy (non-hydrogen) atoms. The van der Waals surface area contributed by atoms with Crippen LogP contribution in [0.15, 0.2) is 39.9 Å². The topological polar surface area (TPSA) is 86.5 Å². The first kappa shape index (κ1) is 9.25. The molecule has 0 unspecified atom stereocenters. The third kappa shape index (κ3) is 1.66. The zero-order chi connectivity index (χ0) is 10.7. The molecule has 0 atom stereocenters. The molecule has 0 saturated carbocycles. The van der Waals surface area contributed by atoms with Crippen LogP contribution in [0.5, 0.6) is 0 Å². The van der Waals surface area contributed by atoms with E-state index < -0.39 is 5.91 Å². The maximum absolute atomic E-state index is 11.2. The Bertz CT molecular complexity index is 431. The molecule has 7 nitrogen and oxygen atoms in total. The van der Waals surface area contributed by atoms with E-state index in [9.17, 15) is 9.70 Å². The Morgan fingerprint density at radius 1 is 1.47 bits per heavy atom. The highest BCUT2D eigenvalue weighted by Gasteiger charge is 2.18. The minimum absolute atomic E-state index is 0.218. The predicted octanol–water partition coefficient (Wildman–Crippen LogP) is 1.24. The van der Waals surface area contributed by atoms with Crippen molar-refractivity contribution >= 4 is 11.6 Å². The molecule has 0 saturated heterocycles. The van der Waals surface area contributed by atoms with E-state index in [0.29, 0.717) is 12.4 Å². The molecule has 1 heterocycles. The number of anilines is 1. The van der Waals surface area contributed by atoms with Gasteiger partial charge in [-0.25, -0.2) is 5.01 Å². The second-order valence-electron chi connectivity index (χ2n) is 2.82. The first-order valence-electron chi connectivity index (χ1n) is 4.20. The van der Waals surface area contributed by atoms with E-state index in [1.807, 2.05) is 0 Å². The normalized spacial score (nSPS) is 13.7. The number of hydrogen-bond donors (Lipinski definition) is 1. The third-order valence-electron chi connectivity index (χ3n) is 1.94. The highest BCUT2D eigenvalue weighted by molar-refractivity contribution is 6.00. The SMILES string of the molecule is O=NC(=O)c1ccccc1N1CNN=N1. The summed E-state index contributed by atoms with van der Waals surface area (Å²) >= 11 is 0. The van der Waals surface area contributed by atoms with Gasteiger partial charge in [0.2, 0.25) is 0 Å². The van der Waals surface area contributed by atoms with Crippen molar-refractivity contribution in [1.29, 1.82) is 0 Å². The van der Waals surface area contributed by atoms with Crippen molar-refractivity contribution in [3.05, 3.63) is 34.7 Å². The van der Waals surface area contributed by atoms with Crippen LogP contribution in [0.3, 0.4) is 0 Å². The van der Waals surface area contributed by atoms with E-state index >= 15 is 0 Å². The first-order valence-corrected chi connectivity index (χ1v) is 4.20. The number of para-hydroxylation sites is 1. The Hall–Kier alpha value is -2.31. The van der Waals surface area contributed by atoms with Crippen LogP contribution in [0.1, 0.15) is 10.4 Å². The smallest absolute Gasteiger partial charge is 0.269 e. The lowest BCUT2D eigenvalue weighted by molar-refractivity contribution is 0.100. The van der Waals surface area contributed by atoms with Gasteiger partial charge in [-0.2, -0.15) is 0 Å². The molecule has 2 rings (SSSR count). The fourth-order valence-corrected chi connectivity index (χ4v) is 1.28. The minimum Gasteiger partial charge on any atom is -0.269 e. The summed E-state index contributed by atoms with van der Waals surface area (Å²) in [7, 11) is 0. The van der Waals surface area contributed by atoms with E-state index in [1.54, 1.807) is 18.2 Å². The molecule has 76 valence electrons. The van der Waals surface area contributed by atoms with Crippen LogP contribution < -0.4 is 10.4 Å². The molecule has 1 aliphatic rings. The summed E-state index contributed by atoms with van der Waals surface area (Å²) in [6, 6.07) is 6.59. The van der Waals surface area contributed by atoms with Gasteiger partial charge in [0, 0.05) is 5.18 Å². The molecule has 1 N–H and O–H groups in total. The molecule has 0 radical (unpaired) electrons. The standard InChI is InChI=1S/C8H7N5O2/c14-8(10-15)6-3-1-2-4-7(6)13-5-9-11-12-13/h1-4H,5H2,(H,9,12). The number of benzene rings is 1. The lowest BCUT2D eigenvalue weighted by Crippen LogP contribution is -2.21. The van der Waals surface area contributed by atoms with Crippen LogP contribution in [0.4, 0.5) is 5.69 Å². The van der Waals surface area contributed by atoms with E-state index in [4.69, 9.17) is 0 Å². The van der Waals surface area contributed by atoms with Crippen molar-refractivity contribution in [3.63, 3.8) is 0 Å². The summed E-state index contributed by atoms with van der Waals surface area (Å²) in [6.45, 7) is 0.364. The van der Waals surface area contributed by atoms with Crippen LogP contribution in [0.2, 0.25) is 0 Å². The van der Waals surface area contributed by atoms with Gasteiger partial charge in [-0.05, 0) is 17.4 Å². The van der Waals surface area contributed by atoms with Gasteiger partial charge in [0.1, 0.15) is 6.67 Å². The molecular formula is C8H7N5O2. The minimum atomic E-state index is -0.812. The van der Waals surface area contributed by atoms with Crippen LogP contribution in [0.25, 0.3) is 0 Å². The number of carbonyl (C=O) groups excluding carboxylic acids is 1. The van der Waals surface area contributed by atoms with Crippen LogP contribution >= 0.6 is 0 Å². The Morgan fingerprint density at radius 3 is 2.93 bits per heavy atom. The highest BCUT2D eigenvalue weighted by Crippen LogP contribution is 2.22. The largest absolute Gasteiger partial charge is 0.318 e. The second-order valence-corrected chi connectivity index (χ2v) is 2.82. The number of nitroso groups, excluding NO2 is 1. The van der Waals surface area contributed by atoms with Gasteiger partial charge in [0.25, 0.3) is 0 Å². The average molecular weight is 205 g/mol. The molecule has 1 aromatic carbocycles. The van der Waals surface area contributed by atoms with Gasteiger partial charge in [-0.3, -0.25) is 10.2 Å². The molecule has 7 heteroatoms. The van der Waals surface area contributed by atoms with Crippen molar-refractivity contribution < 1.29 is 4.79 Å². The number of hydrogen-bond acceptors (Lipinski definition) is 6. The molecule has 1 aromatic rings. The van der Waals surface area contributed by atoms with Crippen molar-refractivity contribution in [2.24, 2.45) is 15.6 Å². The number of rotatable bonds is 2. The van der Waals surface area contributed by atoms with Crippen molar-refractivity contribution in [1.82, 2.24) is 5.43 Å². The van der Waals surface area contributed by atoms with Gasteiger partial charge in [0.15, 0.2) is 0 Å². The number of amides is 1. The number of carbonyl (C=O) groups is 1. The Balaban J connectivity index is 2.41. The van der Waals surface area contributed by atoms with E-state index in [1.165, 1.54) is 11.1 Å². The summed E-state index contributed by atoms with van der Waals surface area (Å²) in [5, 5.41) is 11.1. The lowest BCUT2D eigenvalue weighted by atomic mass is 10.1. The molecule has 1 amide bonds. The summed E-state index contributed by atoms with van der Waals surface area (Å²) in [6.07, 6.45) is 0. The molecular weight excluding hydrogens is 198 g/mol. The van der Waals surface area contributed by atoms with E-state index in [0.717, 1.165) is 0 Å². The molecule has 0 aliphatic carbocycles. The van der Waals surface area contributed by atoms with E-state index in [-0.39, 0.29) is 5.56 Å². The monoisotopic (exact) mass is 205 g/mol. The molecule has 0 bridgehead atoms. The van der Waals surface area contributed by atoms with Crippen LogP contribution in [-0.4, -0.2) is 12.6 Å². The molecule has 1 aliphatic heterocycles. The maximum atomic E-state index is 11.2. The zero-order valence-corrected chi connectivity index (χ0v) is 7.62. The van der Waals surface area contributed by atoms with Gasteiger partial charge < -0.3 is 0 Å². The Morgan fingerprint density at radius 2 is 2.27 bits per heavy atom. The van der Waals surface area contributed by atoms with Crippen molar-refractivity contribution in [3.8, 4) is 0 Å². The Labute approximate surface area is 84.7 Å². The first-order chi connectivity index (χ1) is 7.33. The van der Waals surface area contributed by atoms with Crippen molar-refractivity contribution in [2.45, 2.75) is 0 Å². The number of nitrogens with one attached hydrogen (secondary N) is 1. The van der Waals surface area contributed by atoms with Gasteiger partial charge in [-0.15, -0.1) is 4.91 Å². The molecule has 0 aromatic heterocycles. The third-order valence-corrected chi connectivity index (χ3v) is 1.94. The fourth-order valence-electron chi connectivity index (χ4n) is 1.28. The lowest BCUT2D eigenvalue weighted by Gasteiger charge is -2.12. The Kier molecular flexibility index (Phi) is 2.36. The highest BCUT2D eigenvalue weighted by atomic mass is 16.3. The average Bonchev–Trinajstić information content (AvgIpc) is 2.81. The van der Waals surface area contributed by atoms with Crippen molar-refractivity contribution in [2.75, 3.05) is 11.7 Å². The van der Waals surface area contributed by atoms with Gasteiger partial charge in [0.05, 0.1) is 11.3 Å². The summed E-state index contributed by atoms with van der Waals surface area (Å²) < 4.78 is 0. The quantitative estimate of drug-likeness (QED) is 0.736. The van der Waals surface area contributed by atoms with Crippen LogP contribution in [-0.2, 0) is 0 Å². The van der Waals surface area contributed by atoms with Crippen LogP contribution in [0, 0.1) is 4.91 Å². The summed E-state index contributed by atoms with van der Waals surface area (Å²) in [5.74, 6) is -0.812. The fraction of sp³-hybridized carbons (Fsp3) is 0.125. The predicted molar refractivity (Wildman–Crippen MR) is 51.9 cm³/mol. The maximum Gasteiger partial charge on any atom is 0.318 e. The summed E-state index contributed by atoms with van der Waals surface area (Å²) in [4.78, 5) is 21.4.